The Bertz CT molecular complexity index is 1250. The first kappa shape index (κ1) is 20.2. The largest absolute Gasteiger partial charge is 0.368 e. The van der Waals surface area contributed by atoms with Gasteiger partial charge in [0.25, 0.3) is 5.91 Å². The first-order valence-electron chi connectivity index (χ1n) is 9.22. The van der Waals surface area contributed by atoms with Crippen molar-refractivity contribution < 1.29 is 9.59 Å². The number of rotatable bonds is 8. The molecule has 0 aliphatic heterocycles. The molecule has 4 heterocycles. The molecule has 0 saturated heterocycles. The zero-order valence-corrected chi connectivity index (χ0v) is 17.0. The molecule has 0 fully saturated rings. The highest BCUT2D eigenvalue weighted by Crippen LogP contribution is 2.22. The molecule has 4 aromatic rings. The van der Waals surface area contributed by atoms with Gasteiger partial charge in [0, 0.05) is 17.5 Å². The van der Waals surface area contributed by atoms with Crippen molar-refractivity contribution in [3.63, 3.8) is 0 Å². The number of carbonyl (C=O) groups excluding carboxylic acids is 2. The summed E-state index contributed by atoms with van der Waals surface area (Å²) in [5.74, 6) is -0.902. The van der Waals surface area contributed by atoms with Crippen molar-refractivity contribution in [3.8, 4) is 0 Å². The Morgan fingerprint density at radius 3 is 2.68 bits per heavy atom. The van der Waals surface area contributed by atoms with Crippen LogP contribution in [-0.4, -0.2) is 37.8 Å². The molecular formula is C20H18N8O2S. The standard InChI is InChI=1S/C20H18N8O2S/c21-18(29)15(8-12-3-2-6-31-12)27-16-10-25-17(19(22)30)20(28-16)26-11-7-14-13(24-9-11)4-1-5-23-14/h1-7,9-10,15H,8H2,(H2,21,29)(H2,22,30)(H2,26,27,28). The van der Waals surface area contributed by atoms with E-state index in [0.717, 1.165) is 10.4 Å². The normalized spacial score (nSPS) is 11.7. The molecule has 0 aliphatic carbocycles. The van der Waals surface area contributed by atoms with E-state index in [1.54, 1.807) is 24.5 Å². The third-order valence-corrected chi connectivity index (χ3v) is 5.27. The highest BCUT2D eigenvalue weighted by Gasteiger charge is 2.19. The molecule has 156 valence electrons. The van der Waals surface area contributed by atoms with Gasteiger partial charge in [-0.25, -0.2) is 9.97 Å². The van der Waals surface area contributed by atoms with Crippen LogP contribution in [0.25, 0.3) is 11.0 Å². The summed E-state index contributed by atoms with van der Waals surface area (Å²) >= 11 is 1.52. The lowest BCUT2D eigenvalue weighted by molar-refractivity contribution is -0.118. The molecule has 2 amide bonds. The van der Waals surface area contributed by atoms with E-state index in [2.05, 4.69) is 30.6 Å². The summed E-state index contributed by atoms with van der Waals surface area (Å²) in [6.45, 7) is 0. The molecule has 4 rings (SSSR count). The Hall–Kier alpha value is -4.12. The number of primary amides is 2. The van der Waals surface area contributed by atoms with Crippen molar-refractivity contribution in [2.24, 2.45) is 11.5 Å². The minimum Gasteiger partial charge on any atom is -0.368 e. The number of hydrogen-bond acceptors (Lipinski definition) is 9. The van der Waals surface area contributed by atoms with Gasteiger partial charge in [-0.15, -0.1) is 11.3 Å². The quantitative estimate of drug-likeness (QED) is 0.326. The third-order valence-electron chi connectivity index (χ3n) is 4.37. The van der Waals surface area contributed by atoms with E-state index in [1.807, 2.05) is 23.6 Å². The summed E-state index contributed by atoms with van der Waals surface area (Å²) < 4.78 is 0. The monoisotopic (exact) mass is 434 g/mol. The Morgan fingerprint density at radius 1 is 1.06 bits per heavy atom. The van der Waals surface area contributed by atoms with Gasteiger partial charge in [0.05, 0.1) is 29.1 Å². The van der Waals surface area contributed by atoms with Crippen molar-refractivity contribution in [1.82, 2.24) is 19.9 Å². The second-order valence-electron chi connectivity index (χ2n) is 6.59. The number of nitrogens with one attached hydrogen (secondary N) is 2. The fourth-order valence-corrected chi connectivity index (χ4v) is 3.67. The second-order valence-corrected chi connectivity index (χ2v) is 7.62. The smallest absolute Gasteiger partial charge is 0.271 e. The van der Waals surface area contributed by atoms with Crippen molar-refractivity contribution in [2.75, 3.05) is 10.6 Å². The fourth-order valence-electron chi connectivity index (χ4n) is 2.92. The fraction of sp³-hybridized carbons (Fsp3) is 0.100. The average Bonchev–Trinajstić information content (AvgIpc) is 3.26. The van der Waals surface area contributed by atoms with Gasteiger partial charge in [-0.1, -0.05) is 6.07 Å². The Morgan fingerprint density at radius 2 is 1.94 bits per heavy atom. The summed E-state index contributed by atoms with van der Waals surface area (Å²) in [6, 6.07) is 8.50. The van der Waals surface area contributed by atoms with Crippen molar-refractivity contribution in [2.45, 2.75) is 12.5 Å². The van der Waals surface area contributed by atoms with Gasteiger partial charge in [0.1, 0.15) is 11.9 Å². The number of amides is 2. The van der Waals surface area contributed by atoms with E-state index in [9.17, 15) is 9.59 Å². The van der Waals surface area contributed by atoms with Crippen LogP contribution in [0.3, 0.4) is 0 Å². The van der Waals surface area contributed by atoms with Gasteiger partial charge in [-0.3, -0.25) is 19.6 Å². The predicted octanol–water partition coefficient (Wildman–Crippen LogP) is 1.83. The van der Waals surface area contributed by atoms with Crippen LogP contribution in [0.5, 0.6) is 0 Å². The van der Waals surface area contributed by atoms with E-state index < -0.39 is 17.9 Å². The third kappa shape index (κ3) is 4.73. The van der Waals surface area contributed by atoms with Crippen LogP contribution in [-0.2, 0) is 11.2 Å². The number of hydrogen-bond donors (Lipinski definition) is 4. The summed E-state index contributed by atoms with van der Waals surface area (Å²) in [7, 11) is 0. The van der Waals surface area contributed by atoms with Crippen molar-refractivity contribution in [1.29, 1.82) is 0 Å². The molecule has 1 atom stereocenters. The molecule has 4 aromatic heterocycles. The van der Waals surface area contributed by atoms with E-state index in [0.29, 0.717) is 17.6 Å². The first-order valence-corrected chi connectivity index (χ1v) is 10.1. The zero-order chi connectivity index (χ0) is 21.8. The van der Waals surface area contributed by atoms with E-state index in [4.69, 9.17) is 11.5 Å². The molecule has 0 spiro atoms. The Kier molecular flexibility index (Phi) is 5.67. The Labute approximate surface area is 180 Å². The maximum Gasteiger partial charge on any atom is 0.271 e. The lowest BCUT2D eigenvalue weighted by Crippen LogP contribution is -2.37. The van der Waals surface area contributed by atoms with E-state index in [1.165, 1.54) is 17.5 Å². The summed E-state index contributed by atoms with van der Waals surface area (Å²) in [4.78, 5) is 41.8. The van der Waals surface area contributed by atoms with Crippen LogP contribution in [0.15, 0.2) is 54.3 Å². The van der Waals surface area contributed by atoms with Crippen LogP contribution in [0.1, 0.15) is 15.4 Å². The zero-order valence-electron chi connectivity index (χ0n) is 16.1. The Balaban J connectivity index is 1.62. The van der Waals surface area contributed by atoms with Crippen LogP contribution in [0.2, 0.25) is 0 Å². The van der Waals surface area contributed by atoms with Crippen LogP contribution < -0.4 is 22.1 Å². The number of nitrogens with two attached hydrogens (primary N) is 2. The second kappa shape index (κ2) is 8.71. The molecule has 10 nitrogen and oxygen atoms in total. The highest BCUT2D eigenvalue weighted by molar-refractivity contribution is 7.09. The van der Waals surface area contributed by atoms with Crippen LogP contribution >= 0.6 is 11.3 Å². The van der Waals surface area contributed by atoms with Gasteiger partial charge in [0.2, 0.25) is 5.91 Å². The summed E-state index contributed by atoms with van der Waals surface area (Å²) in [6.07, 6.45) is 4.97. The predicted molar refractivity (Wildman–Crippen MR) is 118 cm³/mol. The van der Waals surface area contributed by atoms with E-state index in [-0.39, 0.29) is 17.3 Å². The number of anilines is 3. The minimum atomic E-state index is -0.751. The highest BCUT2D eigenvalue weighted by atomic mass is 32.1. The maximum atomic E-state index is 11.9. The van der Waals surface area contributed by atoms with Crippen LogP contribution in [0.4, 0.5) is 17.3 Å². The number of thiophene rings is 1. The van der Waals surface area contributed by atoms with Gasteiger partial charge in [0.15, 0.2) is 11.5 Å². The van der Waals surface area contributed by atoms with Crippen LogP contribution in [0, 0.1) is 0 Å². The molecule has 6 N–H and O–H groups in total. The molecule has 0 aromatic carbocycles. The molecule has 31 heavy (non-hydrogen) atoms. The number of pyridine rings is 2. The molecule has 0 saturated carbocycles. The molecule has 0 radical (unpaired) electrons. The number of fused-ring (bicyclic) bond motifs is 1. The molecule has 0 bridgehead atoms. The molecule has 1 unspecified atom stereocenters. The maximum absolute atomic E-state index is 11.9. The topological polar surface area (TPSA) is 162 Å². The first-order chi connectivity index (χ1) is 15.0. The number of carbonyl (C=O) groups is 2. The average molecular weight is 434 g/mol. The number of aromatic nitrogens is 4. The molecule has 11 heteroatoms. The lowest BCUT2D eigenvalue weighted by Gasteiger charge is -2.16. The van der Waals surface area contributed by atoms with Crippen molar-refractivity contribution in [3.05, 3.63) is 64.9 Å². The molecule has 0 aliphatic rings. The lowest BCUT2D eigenvalue weighted by atomic mass is 10.1. The van der Waals surface area contributed by atoms with Gasteiger partial charge in [-0.05, 0) is 29.6 Å². The van der Waals surface area contributed by atoms with Crippen molar-refractivity contribution >= 4 is 51.5 Å². The van der Waals surface area contributed by atoms with Gasteiger partial charge >= 0.3 is 0 Å². The van der Waals surface area contributed by atoms with Gasteiger partial charge in [-0.2, -0.15) is 0 Å². The molecular weight excluding hydrogens is 416 g/mol. The number of nitrogens with zero attached hydrogens (tertiary/aromatic N) is 4. The van der Waals surface area contributed by atoms with E-state index >= 15 is 0 Å². The van der Waals surface area contributed by atoms with Gasteiger partial charge < -0.3 is 22.1 Å². The SMILES string of the molecule is NC(=O)c1ncc(NC(Cc2cccs2)C(N)=O)nc1Nc1cnc2cccnc2c1. The summed E-state index contributed by atoms with van der Waals surface area (Å²) in [5.41, 5.74) is 12.9. The summed E-state index contributed by atoms with van der Waals surface area (Å²) in [5, 5.41) is 7.90. The minimum absolute atomic E-state index is 0.0550.